The fourth-order valence-electron chi connectivity index (χ4n) is 7.26. The maximum atomic E-state index is 14.1. The third kappa shape index (κ3) is 9.33. The molecule has 1 N–H and O–H groups in total. The molecule has 13 heteroatoms. The zero-order chi connectivity index (χ0) is 34.1. The van der Waals surface area contributed by atoms with Crippen molar-refractivity contribution < 1.29 is 26.7 Å². The summed E-state index contributed by atoms with van der Waals surface area (Å²) in [6.07, 6.45) is 0.781. The standard InChI is InChI=1S/C34H52F3N5O3S2/c1-24-8-13-39(14-9-24)18-19-46-31-20-25(6-7-29(31)34(35,36)37)32-28-23-41(47(5,44)45)17-12-30(28)42(38-32)22-27(43)21-40-15-10-26(11-16-40)33(2,3)4/h6-7,20,24,26-27,43H,8-19,21-23H2,1-5H3. The van der Waals surface area contributed by atoms with Gasteiger partial charge in [0, 0.05) is 60.1 Å². The molecule has 3 aliphatic heterocycles. The highest BCUT2D eigenvalue weighted by molar-refractivity contribution is 7.99. The molecule has 2 fully saturated rings. The van der Waals surface area contributed by atoms with Crippen molar-refractivity contribution >= 4 is 21.8 Å². The highest BCUT2D eigenvalue weighted by Crippen LogP contribution is 2.41. The minimum absolute atomic E-state index is 0.0940. The Morgan fingerprint density at radius 2 is 1.66 bits per heavy atom. The fraction of sp³-hybridized carbons (Fsp3) is 0.735. The number of hydrogen-bond acceptors (Lipinski definition) is 7. The molecule has 0 saturated carbocycles. The van der Waals surface area contributed by atoms with Crippen molar-refractivity contribution in [2.45, 2.75) is 90.1 Å². The van der Waals surface area contributed by atoms with Gasteiger partial charge >= 0.3 is 6.18 Å². The van der Waals surface area contributed by atoms with Crippen LogP contribution in [0.25, 0.3) is 11.3 Å². The summed E-state index contributed by atoms with van der Waals surface area (Å²) in [4.78, 5) is 4.76. The summed E-state index contributed by atoms with van der Waals surface area (Å²) in [6, 6.07) is 4.13. The van der Waals surface area contributed by atoms with Crippen LogP contribution in [0.3, 0.4) is 0 Å². The lowest BCUT2D eigenvalue weighted by Gasteiger charge is -2.39. The normalized spacial score (nSPS) is 20.9. The molecule has 4 heterocycles. The van der Waals surface area contributed by atoms with E-state index in [0.29, 0.717) is 47.4 Å². The Labute approximate surface area is 283 Å². The van der Waals surface area contributed by atoms with Crippen LogP contribution in [0, 0.1) is 17.3 Å². The molecule has 0 amide bonds. The smallest absolute Gasteiger partial charge is 0.390 e. The van der Waals surface area contributed by atoms with Crippen LogP contribution in [-0.4, -0.2) is 101 Å². The minimum atomic E-state index is -4.50. The number of hydrogen-bond donors (Lipinski definition) is 1. The lowest BCUT2D eigenvalue weighted by atomic mass is 9.75. The molecule has 2 aromatic rings. The Bertz CT molecular complexity index is 1470. The van der Waals surface area contributed by atoms with Gasteiger partial charge in [0.1, 0.15) is 0 Å². The number of thioether (sulfide) groups is 1. The average molecular weight is 700 g/mol. The number of nitrogens with zero attached hydrogens (tertiary/aromatic N) is 5. The molecule has 1 unspecified atom stereocenters. The van der Waals surface area contributed by atoms with Gasteiger partial charge in [-0.2, -0.15) is 22.6 Å². The lowest BCUT2D eigenvalue weighted by Crippen LogP contribution is -2.42. The number of alkyl halides is 3. The van der Waals surface area contributed by atoms with E-state index in [-0.39, 0.29) is 29.9 Å². The van der Waals surface area contributed by atoms with Gasteiger partial charge in [-0.25, -0.2) is 8.42 Å². The van der Waals surface area contributed by atoms with E-state index in [9.17, 15) is 26.7 Å². The number of likely N-dealkylation sites (tertiary alicyclic amines) is 2. The van der Waals surface area contributed by atoms with Gasteiger partial charge in [-0.3, -0.25) is 4.68 Å². The molecule has 0 spiro atoms. The van der Waals surface area contributed by atoms with Crippen LogP contribution in [0.5, 0.6) is 0 Å². The first kappa shape index (κ1) is 36.6. The molecular formula is C34H52F3N5O3S2. The van der Waals surface area contributed by atoms with E-state index in [1.807, 2.05) is 0 Å². The summed E-state index contributed by atoms with van der Waals surface area (Å²) in [5.74, 6) is 1.87. The number of halogens is 3. The molecule has 1 aromatic heterocycles. The number of sulfonamides is 1. The Hall–Kier alpha value is -1.64. The predicted octanol–water partition coefficient (Wildman–Crippen LogP) is 5.83. The molecule has 0 radical (unpaired) electrons. The number of aromatic nitrogens is 2. The van der Waals surface area contributed by atoms with Crippen molar-refractivity contribution in [2.24, 2.45) is 17.3 Å². The van der Waals surface area contributed by atoms with Gasteiger partial charge in [-0.15, -0.1) is 11.8 Å². The van der Waals surface area contributed by atoms with E-state index in [4.69, 9.17) is 5.10 Å². The average Bonchev–Trinajstić information content (AvgIpc) is 3.34. The maximum absolute atomic E-state index is 14.1. The van der Waals surface area contributed by atoms with Gasteiger partial charge in [-0.1, -0.05) is 33.8 Å². The van der Waals surface area contributed by atoms with Crippen LogP contribution >= 0.6 is 11.8 Å². The van der Waals surface area contributed by atoms with Gasteiger partial charge in [0.15, 0.2) is 0 Å². The Morgan fingerprint density at radius 3 is 2.28 bits per heavy atom. The number of rotatable bonds is 10. The van der Waals surface area contributed by atoms with Crippen LogP contribution in [0.2, 0.25) is 0 Å². The van der Waals surface area contributed by atoms with E-state index in [2.05, 4.69) is 37.5 Å². The lowest BCUT2D eigenvalue weighted by molar-refractivity contribution is -0.139. The molecule has 8 nitrogen and oxygen atoms in total. The second kappa shape index (κ2) is 14.7. The minimum Gasteiger partial charge on any atom is -0.390 e. The van der Waals surface area contributed by atoms with Crippen molar-refractivity contribution in [1.29, 1.82) is 0 Å². The first-order valence-corrected chi connectivity index (χ1v) is 19.8. The fourth-order valence-corrected chi connectivity index (χ4v) is 9.17. The monoisotopic (exact) mass is 699 g/mol. The van der Waals surface area contributed by atoms with E-state index < -0.39 is 27.9 Å². The van der Waals surface area contributed by atoms with E-state index >= 15 is 0 Å². The Morgan fingerprint density at radius 1 is 1.00 bits per heavy atom. The molecular weight excluding hydrogens is 648 g/mol. The molecule has 2 saturated heterocycles. The van der Waals surface area contributed by atoms with Crippen molar-refractivity contribution in [3.05, 3.63) is 35.0 Å². The van der Waals surface area contributed by atoms with Gasteiger partial charge < -0.3 is 14.9 Å². The predicted molar refractivity (Wildman–Crippen MR) is 182 cm³/mol. The van der Waals surface area contributed by atoms with Gasteiger partial charge in [0.2, 0.25) is 10.0 Å². The summed E-state index contributed by atoms with van der Waals surface area (Å²) in [5.41, 5.74) is 2.12. The zero-order valence-corrected chi connectivity index (χ0v) is 30.2. The van der Waals surface area contributed by atoms with Crippen LogP contribution in [0.1, 0.15) is 70.2 Å². The highest BCUT2D eigenvalue weighted by atomic mass is 32.2. The molecule has 3 aliphatic rings. The van der Waals surface area contributed by atoms with Crippen molar-refractivity contribution in [2.75, 3.05) is 57.8 Å². The van der Waals surface area contributed by atoms with Crippen LogP contribution in [0.15, 0.2) is 23.1 Å². The second-order valence-corrected chi connectivity index (χ2v) is 18.1. The number of aliphatic hydroxyl groups is 1. The van der Waals surface area contributed by atoms with E-state index in [1.54, 1.807) is 10.7 Å². The molecule has 264 valence electrons. The van der Waals surface area contributed by atoms with Crippen molar-refractivity contribution in [3.8, 4) is 11.3 Å². The summed E-state index contributed by atoms with van der Waals surface area (Å²) < 4.78 is 70.6. The summed E-state index contributed by atoms with van der Waals surface area (Å²) >= 11 is 1.21. The summed E-state index contributed by atoms with van der Waals surface area (Å²) in [5, 5.41) is 16.1. The summed E-state index contributed by atoms with van der Waals surface area (Å²) in [6.45, 7) is 14.7. The molecule has 1 aromatic carbocycles. The van der Waals surface area contributed by atoms with E-state index in [0.717, 1.165) is 70.2 Å². The topological polar surface area (TPSA) is 81.9 Å². The number of benzene rings is 1. The highest BCUT2D eigenvalue weighted by Gasteiger charge is 2.36. The van der Waals surface area contributed by atoms with Gasteiger partial charge in [0.05, 0.1) is 30.2 Å². The molecule has 47 heavy (non-hydrogen) atoms. The van der Waals surface area contributed by atoms with Crippen LogP contribution in [-0.2, 0) is 35.7 Å². The third-order valence-corrected chi connectivity index (χ3v) is 12.6. The quantitative estimate of drug-likeness (QED) is 0.313. The first-order valence-electron chi connectivity index (χ1n) is 17.0. The Balaban J connectivity index is 1.38. The summed E-state index contributed by atoms with van der Waals surface area (Å²) in [7, 11) is -3.49. The molecule has 5 rings (SSSR count). The van der Waals surface area contributed by atoms with Crippen molar-refractivity contribution in [3.63, 3.8) is 0 Å². The van der Waals surface area contributed by atoms with Crippen LogP contribution in [0.4, 0.5) is 13.2 Å². The molecule has 0 bridgehead atoms. The largest absolute Gasteiger partial charge is 0.417 e. The maximum Gasteiger partial charge on any atom is 0.417 e. The van der Waals surface area contributed by atoms with E-state index in [1.165, 1.54) is 28.4 Å². The number of aliphatic hydroxyl groups excluding tert-OH is 1. The molecule has 1 atom stereocenters. The zero-order valence-electron chi connectivity index (χ0n) is 28.5. The first-order chi connectivity index (χ1) is 22.0. The SMILES string of the molecule is CC1CCN(CCSc2cc(-c3nn(CC(O)CN4CCC(C(C)(C)C)CC4)c4c3CN(S(C)(=O)=O)CC4)ccc2C(F)(F)F)CC1. The van der Waals surface area contributed by atoms with Crippen molar-refractivity contribution in [1.82, 2.24) is 23.9 Å². The van der Waals surface area contributed by atoms with Crippen LogP contribution < -0.4 is 0 Å². The number of β-amino-alcohol motifs (C(OH)–C–C–N with tert-alkyl or cyclic N) is 1. The second-order valence-electron chi connectivity index (χ2n) is 15.0. The van der Waals surface area contributed by atoms with Gasteiger partial charge in [-0.05, 0) is 81.2 Å². The molecule has 0 aliphatic carbocycles. The van der Waals surface area contributed by atoms with Gasteiger partial charge in [0.25, 0.3) is 0 Å². The number of piperidine rings is 2. The number of fused-ring (bicyclic) bond motifs is 1. The Kier molecular flexibility index (Phi) is 11.4. The third-order valence-electron chi connectivity index (χ3n) is 10.3.